The molecule has 0 saturated heterocycles. The van der Waals surface area contributed by atoms with Gasteiger partial charge in [0.25, 0.3) is 0 Å². The third kappa shape index (κ3) is 1.45. The highest BCUT2D eigenvalue weighted by Crippen LogP contribution is 2.30. The van der Waals surface area contributed by atoms with Crippen LogP contribution in [0, 0.1) is 0 Å². The molecule has 2 nitrogen and oxygen atoms in total. The lowest BCUT2D eigenvalue weighted by Gasteiger charge is -1.99. The maximum Gasteiger partial charge on any atom is 0.134 e. The minimum absolute atomic E-state index is 0.184. The second-order valence-corrected chi connectivity index (χ2v) is 4.61. The van der Waals surface area contributed by atoms with Gasteiger partial charge in [-0.2, -0.15) is 0 Å². The largest absolute Gasteiger partial charge is 0.464 e. The molecular weight excluding hydrogens is 200 g/mol. The Morgan fingerprint density at radius 2 is 2.06 bits per heavy atom. The fourth-order valence-electron chi connectivity index (χ4n) is 2.55. The van der Waals surface area contributed by atoms with Crippen molar-refractivity contribution in [1.82, 2.24) is 0 Å². The third-order valence-electron chi connectivity index (χ3n) is 3.31. The van der Waals surface area contributed by atoms with Gasteiger partial charge in [0.15, 0.2) is 0 Å². The molecule has 1 aromatic carbocycles. The van der Waals surface area contributed by atoms with Crippen molar-refractivity contribution in [2.45, 2.75) is 32.6 Å². The van der Waals surface area contributed by atoms with E-state index in [4.69, 9.17) is 4.42 Å². The molecule has 0 bridgehead atoms. The summed E-state index contributed by atoms with van der Waals surface area (Å²) in [7, 11) is 0. The molecule has 1 aliphatic rings. The van der Waals surface area contributed by atoms with E-state index in [9.17, 15) is 4.79 Å². The monoisotopic (exact) mass is 214 g/mol. The Hall–Kier alpha value is -1.57. The maximum atomic E-state index is 11.1. The molecule has 0 fully saturated rings. The van der Waals surface area contributed by atoms with Crippen molar-refractivity contribution in [3.05, 3.63) is 35.1 Å². The van der Waals surface area contributed by atoms with Gasteiger partial charge >= 0.3 is 0 Å². The van der Waals surface area contributed by atoms with Gasteiger partial charge in [-0.15, -0.1) is 0 Å². The number of ketones is 1. The number of furan rings is 1. The predicted octanol–water partition coefficient (Wildman–Crippen LogP) is 3.05. The van der Waals surface area contributed by atoms with Crippen LogP contribution in [0.15, 0.2) is 22.8 Å². The quantitative estimate of drug-likeness (QED) is 0.769. The van der Waals surface area contributed by atoms with Crippen LogP contribution < -0.4 is 0 Å². The predicted molar refractivity (Wildman–Crippen MR) is 62.6 cm³/mol. The molecule has 2 aromatic rings. The van der Waals surface area contributed by atoms with E-state index in [1.165, 1.54) is 17.5 Å². The standard InChI is InChI=1S/C14H14O2/c1-9(15)5-12-8-16-14-7-11-4-2-3-10(11)6-13(12)14/h6-8H,2-5H2,1H3. The Bertz CT molecular complexity index is 563. The summed E-state index contributed by atoms with van der Waals surface area (Å²) >= 11 is 0. The van der Waals surface area contributed by atoms with E-state index in [1.807, 2.05) is 0 Å². The summed E-state index contributed by atoms with van der Waals surface area (Å²) in [5, 5.41) is 1.12. The molecule has 2 heteroatoms. The van der Waals surface area contributed by atoms with Crippen molar-refractivity contribution in [2.24, 2.45) is 0 Å². The molecule has 3 rings (SSSR count). The van der Waals surface area contributed by atoms with Gasteiger partial charge in [-0.3, -0.25) is 4.79 Å². The van der Waals surface area contributed by atoms with Gasteiger partial charge in [0.05, 0.1) is 6.26 Å². The Morgan fingerprint density at radius 1 is 1.31 bits per heavy atom. The fraction of sp³-hybridized carbons (Fsp3) is 0.357. The zero-order valence-electron chi connectivity index (χ0n) is 9.38. The summed E-state index contributed by atoms with van der Waals surface area (Å²) < 4.78 is 5.52. The molecule has 0 N–H and O–H groups in total. The maximum absolute atomic E-state index is 11.1. The van der Waals surface area contributed by atoms with Crippen LogP contribution in [0.4, 0.5) is 0 Å². The van der Waals surface area contributed by atoms with Crippen molar-refractivity contribution in [3.8, 4) is 0 Å². The number of carbonyl (C=O) groups excluding carboxylic acids is 1. The van der Waals surface area contributed by atoms with E-state index in [2.05, 4.69) is 12.1 Å². The van der Waals surface area contributed by atoms with Crippen LogP contribution in [-0.4, -0.2) is 5.78 Å². The van der Waals surface area contributed by atoms with E-state index < -0.39 is 0 Å². The Balaban J connectivity index is 2.15. The lowest BCUT2D eigenvalue weighted by molar-refractivity contribution is -0.116. The van der Waals surface area contributed by atoms with Crippen LogP contribution in [0.3, 0.4) is 0 Å². The molecule has 16 heavy (non-hydrogen) atoms. The van der Waals surface area contributed by atoms with Gasteiger partial charge < -0.3 is 4.42 Å². The number of aryl methyl sites for hydroxylation is 2. The molecule has 0 spiro atoms. The fourth-order valence-corrected chi connectivity index (χ4v) is 2.55. The Labute approximate surface area is 94.3 Å². The summed E-state index contributed by atoms with van der Waals surface area (Å²) in [4.78, 5) is 11.1. The zero-order valence-corrected chi connectivity index (χ0v) is 9.38. The molecule has 82 valence electrons. The molecule has 0 radical (unpaired) electrons. The number of fused-ring (bicyclic) bond motifs is 2. The number of carbonyl (C=O) groups is 1. The van der Waals surface area contributed by atoms with Crippen molar-refractivity contribution in [1.29, 1.82) is 0 Å². The SMILES string of the molecule is CC(=O)Cc1coc2cc3c(cc12)CCC3. The third-order valence-corrected chi connectivity index (χ3v) is 3.31. The smallest absolute Gasteiger partial charge is 0.134 e. The molecule has 0 amide bonds. The number of benzene rings is 1. The van der Waals surface area contributed by atoms with Crippen molar-refractivity contribution >= 4 is 16.8 Å². The first-order valence-electron chi connectivity index (χ1n) is 5.75. The average molecular weight is 214 g/mol. The summed E-state index contributed by atoms with van der Waals surface area (Å²) in [5.41, 5.74) is 4.80. The Kier molecular flexibility index (Phi) is 2.10. The van der Waals surface area contributed by atoms with E-state index in [-0.39, 0.29) is 5.78 Å². The van der Waals surface area contributed by atoms with Gasteiger partial charge in [0.2, 0.25) is 0 Å². The first kappa shape index (κ1) is 9.64. The second-order valence-electron chi connectivity index (χ2n) is 4.61. The Morgan fingerprint density at radius 3 is 2.81 bits per heavy atom. The van der Waals surface area contributed by atoms with Crippen LogP contribution in [0.5, 0.6) is 0 Å². The van der Waals surface area contributed by atoms with Crippen molar-refractivity contribution in [2.75, 3.05) is 0 Å². The lowest BCUT2D eigenvalue weighted by Crippen LogP contribution is -1.95. The molecule has 1 aromatic heterocycles. The highest BCUT2D eigenvalue weighted by molar-refractivity contribution is 5.88. The van der Waals surface area contributed by atoms with Gasteiger partial charge in [0, 0.05) is 17.4 Å². The van der Waals surface area contributed by atoms with Crippen LogP contribution in [0.2, 0.25) is 0 Å². The number of hydrogen-bond donors (Lipinski definition) is 0. The molecule has 0 atom stereocenters. The minimum atomic E-state index is 0.184. The molecule has 1 heterocycles. The average Bonchev–Trinajstić information content (AvgIpc) is 2.81. The lowest BCUT2D eigenvalue weighted by atomic mass is 10.0. The number of Topliss-reactive ketones (excluding diaryl/α,β-unsaturated/α-hetero) is 1. The zero-order chi connectivity index (χ0) is 11.1. The van der Waals surface area contributed by atoms with E-state index in [0.717, 1.165) is 29.4 Å². The van der Waals surface area contributed by atoms with Crippen LogP contribution in [0.1, 0.15) is 30.0 Å². The number of rotatable bonds is 2. The molecule has 0 saturated carbocycles. The minimum Gasteiger partial charge on any atom is -0.464 e. The van der Waals surface area contributed by atoms with Gasteiger partial charge in [-0.05, 0) is 49.4 Å². The summed E-state index contributed by atoms with van der Waals surface area (Å²) in [5.74, 6) is 0.184. The van der Waals surface area contributed by atoms with E-state index in [1.54, 1.807) is 13.2 Å². The molecular formula is C14H14O2. The summed E-state index contributed by atoms with van der Waals surface area (Å²) in [6.45, 7) is 1.62. The van der Waals surface area contributed by atoms with Crippen LogP contribution >= 0.6 is 0 Å². The van der Waals surface area contributed by atoms with E-state index >= 15 is 0 Å². The normalized spacial score (nSPS) is 14.3. The topological polar surface area (TPSA) is 30.2 Å². The molecule has 1 aliphatic carbocycles. The van der Waals surface area contributed by atoms with Gasteiger partial charge in [-0.1, -0.05) is 0 Å². The van der Waals surface area contributed by atoms with Gasteiger partial charge in [-0.25, -0.2) is 0 Å². The summed E-state index contributed by atoms with van der Waals surface area (Å²) in [6, 6.07) is 4.35. The molecule has 0 aliphatic heterocycles. The van der Waals surface area contributed by atoms with Crippen molar-refractivity contribution < 1.29 is 9.21 Å². The second kappa shape index (κ2) is 3.48. The van der Waals surface area contributed by atoms with E-state index in [0.29, 0.717) is 6.42 Å². The highest BCUT2D eigenvalue weighted by Gasteiger charge is 2.15. The first-order valence-corrected chi connectivity index (χ1v) is 5.75. The van der Waals surface area contributed by atoms with Crippen LogP contribution in [0.25, 0.3) is 11.0 Å². The number of hydrogen-bond acceptors (Lipinski definition) is 2. The first-order chi connectivity index (χ1) is 7.74. The van der Waals surface area contributed by atoms with Gasteiger partial charge in [0.1, 0.15) is 11.4 Å². The summed E-state index contributed by atoms with van der Waals surface area (Å²) in [6.07, 6.45) is 5.76. The van der Waals surface area contributed by atoms with Crippen LogP contribution in [-0.2, 0) is 24.1 Å². The molecule has 0 unspecified atom stereocenters. The highest BCUT2D eigenvalue weighted by atomic mass is 16.3. The van der Waals surface area contributed by atoms with Crippen molar-refractivity contribution in [3.63, 3.8) is 0 Å².